The molecule has 0 aromatic rings. The summed E-state index contributed by atoms with van der Waals surface area (Å²) in [5, 5.41) is 12.3. The van der Waals surface area contributed by atoms with Crippen LogP contribution in [0.15, 0.2) is 0 Å². The van der Waals surface area contributed by atoms with Gasteiger partial charge in [-0.1, -0.05) is 19.8 Å². The van der Waals surface area contributed by atoms with Crippen LogP contribution >= 0.6 is 0 Å². The van der Waals surface area contributed by atoms with Gasteiger partial charge in [0.25, 0.3) is 0 Å². The number of urea groups is 1. The van der Waals surface area contributed by atoms with Gasteiger partial charge in [-0.3, -0.25) is 4.79 Å². The molecule has 0 radical (unpaired) electrons. The number of likely N-dealkylation sites (tertiary alicyclic amines) is 1. The van der Waals surface area contributed by atoms with Gasteiger partial charge >= 0.3 is 12.0 Å². The molecular weight excluding hydrogens is 268 g/mol. The molecule has 0 atom stereocenters. The Labute approximate surface area is 127 Å². The Morgan fingerprint density at radius 3 is 2.19 bits per heavy atom. The summed E-state index contributed by atoms with van der Waals surface area (Å²) in [6.45, 7) is 5.81. The lowest BCUT2D eigenvalue weighted by Gasteiger charge is -2.37. The second-order valence-electron chi connectivity index (χ2n) is 7.07. The molecule has 2 rings (SSSR count). The number of aliphatic carboxylic acids is 1. The number of carboxylic acid groups (broad SMARTS) is 1. The van der Waals surface area contributed by atoms with Crippen molar-refractivity contribution in [3.05, 3.63) is 0 Å². The highest BCUT2D eigenvalue weighted by Gasteiger charge is 2.38. The molecule has 2 fully saturated rings. The molecule has 1 aliphatic heterocycles. The van der Waals surface area contributed by atoms with Crippen molar-refractivity contribution in [2.45, 2.75) is 58.8 Å². The van der Waals surface area contributed by atoms with Gasteiger partial charge in [0.2, 0.25) is 0 Å². The number of carboxylic acids is 1. The lowest BCUT2D eigenvalue weighted by Crippen LogP contribution is -2.50. The smallest absolute Gasteiger partial charge is 0.317 e. The van der Waals surface area contributed by atoms with Crippen LogP contribution in [0.5, 0.6) is 0 Å². The summed E-state index contributed by atoms with van der Waals surface area (Å²) in [5.74, 6) is -0.751. The van der Waals surface area contributed by atoms with Gasteiger partial charge in [-0.25, -0.2) is 4.79 Å². The minimum Gasteiger partial charge on any atom is -0.481 e. The Hall–Kier alpha value is -1.26. The van der Waals surface area contributed by atoms with Crippen molar-refractivity contribution in [2.24, 2.45) is 10.8 Å². The molecule has 5 heteroatoms. The second kappa shape index (κ2) is 6.24. The maximum Gasteiger partial charge on any atom is 0.317 e. The zero-order valence-electron chi connectivity index (χ0n) is 13.3. The number of rotatable bonds is 4. The Morgan fingerprint density at radius 1 is 1.14 bits per heavy atom. The molecule has 1 saturated heterocycles. The lowest BCUT2D eigenvalue weighted by atomic mass is 9.80. The molecular formula is C16H28N2O3. The molecule has 2 amide bonds. The maximum absolute atomic E-state index is 12.3. The fraction of sp³-hybridized carbons (Fsp3) is 0.875. The largest absolute Gasteiger partial charge is 0.481 e. The summed E-state index contributed by atoms with van der Waals surface area (Å²) >= 11 is 0. The second-order valence-corrected chi connectivity index (χ2v) is 7.07. The van der Waals surface area contributed by atoms with Crippen molar-refractivity contribution in [1.82, 2.24) is 10.2 Å². The normalized spacial score (nSPS) is 23.8. The van der Waals surface area contributed by atoms with Crippen LogP contribution < -0.4 is 5.32 Å². The number of piperidine rings is 1. The van der Waals surface area contributed by atoms with Crippen LogP contribution in [0, 0.1) is 10.8 Å². The highest BCUT2D eigenvalue weighted by Crippen LogP contribution is 2.40. The van der Waals surface area contributed by atoms with Crippen LogP contribution in [0.3, 0.4) is 0 Å². The van der Waals surface area contributed by atoms with Crippen LogP contribution in [0.1, 0.15) is 58.8 Å². The van der Waals surface area contributed by atoms with Gasteiger partial charge < -0.3 is 15.3 Å². The summed E-state index contributed by atoms with van der Waals surface area (Å²) in [4.78, 5) is 25.2. The molecule has 1 heterocycles. The number of nitrogens with zero attached hydrogens (tertiary/aromatic N) is 1. The first kappa shape index (κ1) is 16.1. The molecule has 0 aromatic heterocycles. The van der Waals surface area contributed by atoms with Gasteiger partial charge in [-0.15, -0.1) is 0 Å². The van der Waals surface area contributed by atoms with Crippen molar-refractivity contribution in [1.29, 1.82) is 0 Å². The Kier molecular flexibility index (Phi) is 4.79. The van der Waals surface area contributed by atoms with E-state index in [4.69, 9.17) is 0 Å². The summed E-state index contributed by atoms with van der Waals surface area (Å²) in [6.07, 6.45) is 7.14. The minimum atomic E-state index is -0.751. The predicted molar refractivity (Wildman–Crippen MR) is 81.1 cm³/mol. The van der Waals surface area contributed by atoms with E-state index < -0.39 is 11.4 Å². The topological polar surface area (TPSA) is 69.6 Å². The van der Waals surface area contributed by atoms with Crippen LogP contribution in [-0.2, 0) is 4.79 Å². The molecule has 5 nitrogen and oxygen atoms in total. The summed E-state index contributed by atoms with van der Waals surface area (Å²) in [7, 11) is 0. The van der Waals surface area contributed by atoms with E-state index in [1.807, 2.05) is 0 Å². The van der Waals surface area contributed by atoms with Crippen molar-refractivity contribution in [3.63, 3.8) is 0 Å². The SMILES string of the molecule is CCC1(CNC(=O)N2CCC(C)(C(=O)O)CC2)CCCC1. The third kappa shape index (κ3) is 3.50. The van der Waals surface area contributed by atoms with E-state index in [0.29, 0.717) is 31.3 Å². The highest BCUT2D eigenvalue weighted by atomic mass is 16.4. The average molecular weight is 296 g/mol. The highest BCUT2D eigenvalue weighted by molar-refractivity contribution is 5.77. The molecule has 2 aliphatic rings. The van der Waals surface area contributed by atoms with Gasteiger partial charge in [0, 0.05) is 19.6 Å². The zero-order chi connectivity index (χ0) is 15.5. The average Bonchev–Trinajstić information content (AvgIpc) is 2.95. The first-order valence-electron chi connectivity index (χ1n) is 8.17. The number of amides is 2. The quantitative estimate of drug-likeness (QED) is 0.838. The van der Waals surface area contributed by atoms with Crippen molar-refractivity contribution in [3.8, 4) is 0 Å². The van der Waals surface area contributed by atoms with Crippen LogP contribution in [0.25, 0.3) is 0 Å². The third-order valence-electron chi connectivity index (χ3n) is 5.70. The van der Waals surface area contributed by atoms with Crippen molar-refractivity contribution < 1.29 is 14.7 Å². The Bertz CT molecular complexity index is 394. The van der Waals surface area contributed by atoms with E-state index in [1.165, 1.54) is 25.7 Å². The van der Waals surface area contributed by atoms with Crippen molar-refractivity contribution in [2.75, 3.05) is 19.6 Å². The molecule has 0 unspecified atom stereocenters. The summed E-state index contributed by atoms with van der Waals surface area (Å²) in [6, 6.07) is -0.0258. The van der Waals surface area contributed by atoms with E-state index in [9.17, 15) is 14.7 Å². The number of carbonyl (C=O) groups is 2. The first-order chi connectivity index (χ1) is 9.91. The van der Waals surface area contributed by atoms with Gasteiger partial charge in [-0.05, 0) is 44.4 Å². The van der Waals surface area contributed by atoms with Crippen LogP contribution in [0.4, 0.5) is 4.79 Å². The van der Waals surface area contributed by atoms with Crippen LogP contribution in [0.2, 0.25) is 0 Å². The maximum atomic E-state index is 12.3. The Morgan fingerprint density at radius 2 is 1.71 bits per heavy atom. The van der Waals surface area contributed by atoms with E-state index in [2.05, 4.69) is 12.2 Å². The zero-order valence-corrected chi connectivity index (χ0v) is 13.3. The van der Waals surface area contributed by atoms with Gasteiger partial charge in [0.05, 0.1) is 5.41 Å². The molecule has 21 heavy (non-hydrogen) atoms. The minimum absolute atomic E-state index is 0.0258. The van der Waals surface area contributed by atoms with E-state index in [1.54, 1.807) is 11.8 Å². The molecule has 1 saturated carbocycles. The number of hydrogen-bond donors (Lipinski definition) is 2. The summed E-state index contributed by atoms with van der Waals surface area (Å²) in [5.41, 5.74) is -0.381. The Balaban J connectivity index is 1.81. The van der Waals surface area contributed by atoms with Gasteiger partial charge in [-0.2, -0.15) is 0 Å². The molecule has 0 aromatic carbocycles. The fourth-order valence-electron chi connectivity index (χ4n) is 3.57. The number of nitrogens with one attached hydrogen (secondary N) is 1. The summed E-state index contributed by atoms with van der Waals surface area (Å²) < 4.78 is 0. The standard InChI is InChI=1S/C16H28N2O3/c1-3-16(6-4-5-7-16)12-17-14(21)18-10-8-15(2,9-11-18)13(19)20/h3-12H2,1-2H3,(H,17,21)(H,19,20). The molecule has 120 valence electrons. The van der Waals surface area contributed by atoms with Crippen LogP contribution in [-0.4, -0.2) is 41.6 Å². The fourth-order valence-corrected chi connectivity index (χ4v) is 3.57. The first-order valence-corrected chi connectivity index (χ1v) is 8.17. The lowest BCUT2D eigenvalue weighted by molar-refractivity contribution is -0.150. The van der Waals surface area contributed by atoms with E-state index in [-0.39, 0.29) is 6.03 Å². The van der Waals surface area contributed by atoms with E-state index >= 15 is 0 Å². The molecule has 0 spiro atoms. The number of carbonyl (C=O) groups excluding carboxylic acids is 1. The predicted octanol–water partition coefficient (Wildman–Crippen LogP) is 2.85. The molecule has 0 bridgehead atoms. The van der Waals surface area contributed by atoms with Gasteiger partial charge in [0.1, 0.15) is 0 Å². The van der Waals surface area contributed by atoms with Crippen molar-refractivity contribution >= 4 is 12.0 Å². The third-order valence-corrected chi connectivity index (χ3v) is 5.70. The number of hydrogen-bond acceptors (Lipinski definition) is 2. The van der Waals surface area contributed by atoms with Gasteiger partial charge in [0.15, 0.2) is 0 Å². The monoisotopic (exact) mass is 296 g/mol. The van der Waals surface area contributed by atoms with E-state index in [0.717, 1.165) is 13.0 Å². The molecule has 2 N–H and O–H groups in total. The molecule has 1 aliphatic carbocycles.